The summed E-state index contributed by atoms with van der Waals surface area (Å²) in [6.07, 6.45) is 3.24. The summed E-state index contributed by atoms with van der Waals surface area (Å²) in [5, 5.41) is 1.35. The van der Waals surface area contributed by atoms with E-state index in [9.17, 15) is 4.79 Å². The van der Waals surface area contributed by atoms with Gasteiger partial charge < -0.3 is 0 Å². The second-order valence-electron chi connectivity index (χ2n) is 3.47. The number of nitrogens with two attached hydrogens (primary N) is 1. The quantitative estimate of drug-likeness (QED) is 0.367. The van der Waals surface area contributed by atoms with Gasteiger partial charge in [0.15, 0.2) is 0 Å². The Morgan fingerprint density at radius 2 is 2.09 bits per heavy atom. The number of rotatable bonds is 2. The minimum atomic E-state index is 0.117. The molecule has 0 aromatic heterocycles. The van der Waals surface area contributed by atoms with Crippen molar-refractivity contribution < 1.29 is 4.79 Å². The molecule has 2 N–H and O–H groups in total. The highest BCUT2D eigenvalue weighted by atomic mass is 16.2. The number of hydrogen-bond donors (Lipinski definition) is 1. The predicted molar refractivity (Wildman–Crippen MR) is 43.5 cm³/mol. The molecule has 0 atom stereocenters. The fourth-order valence-corrected chi connectivity index (χ4v) is 1.12. The van der Waals surface area contributed by atoms with Gasteiger partial charge in [-0.2, -0.15) is 0 Å². The van der Waals surface area contributed by atoms with Gasteiger partial charge in [-0.15, -0.1) is 0 Å². The highest BCUT2D eigenvalue weighted by Crippen LogP contribution is 2.27. The third-order valence-corrected chi connectivity index (χ3v) is 2.27. The van der Waals surface area contributed by atoms with Gasteiger partial charge >= 0.3 is 0 Å². The van der Waals surface area contributed by atoms with Crippen LogP contribution in [-0.4, -0.2) is 17.0 Å². The third kappa shape index (κ3) is 1.71. The zero-order valence-corrected chi connectivity index (χ0v) is 7.21. The Morgan fingerprint density at radius 3 is 2.36 bits per heavy atom. The minimum absolute atomic E-state index is 0.117. The van der Waals surface area contributed by atoms with E-state index in [1.165, 1.54) is 11.4 Å². The van der Waals surface area contributed by atoms with Gasteiger partial charge in [0.05, 0.1) is 0 Å². The maximum absolute atomic E-state index is 11.4. The van der Waals surface area contributed by atoms with Gasteiger partial charge in [-0.25, -0.2) is 5.84 Å². The summed E-state index contributed by atoms with van der Waals surface area (Å²) in [4.78, 5) is 11.4. The Morgan fingerprint density at radius 1 is 1.55 bits per heavy atom. The van der Waals surface area contributed by atoms with E-state index in [0.29, 0.717) is 0 Å². The lowest BCUT2D eigenvalue weighted by molar-refractivity contribution is -0.140. The molecule has 1 aliphatic rings. The van der Waals surface area contributed by atoms with Crippen molar-refractivity contribution in [3.8, 4) is 0 Å². The average Bonchev–Trinajstić information content (AvgIpc) is 1.82. The van der Waals surface area contributed by atoms with Crippen molar-refractivity contribution in [3.63, 3.8) is 0 Å². The zero-order valence-electron chi connectivity index (χ0n) is 7.21. The summed E-state index contributed by atoms with van der Waals surface area (Å²) in [6, 6.07) is 0.128. The van der Waals surface area contributed by atoms with E-state index in [1.54, 1.807) is 0 Å². The van der Waals surface area contributed by atoms with Crippen LogP contribution in [0.4, 0.5) is 0 Å². The number of amides is 1. The molecule has 1 aliphatic carbocycles. The van der Waals surface area contributed by atoms with E-state index in [1.807, 2.05) is 13.8 Å². The second-order valence-corrected chi connectivity index (χ2v) is 3.47. The van der Waals surface area contributed by atoms with Crippen LogP contribution in [0.3, 0.4) is 0 Å². The van der Waals surface area contributed by atoms with E-state index < -0.39 is 0 Å². The summed E-state index contributed by atoms with van der Waals surface area (Å²) in [5.74, 6) is 5.90. The van der Waals surface area contributed by atoms with E-state index in [4.69, 9.17) is 5.84 Å². The fraction of sp³-hybridized carbons (Fsp3) is 0.875. The van der Waals surface area contributed by atoms with Crippen LogP contribution in [0.1, 0.15) is 33.1 Å². The van der Waals surface area contributed by atoms with Crippen molar-refractivity contribution in [1.82, 2.24) is 5.01 Å². The molecule has 0 aliphatic heterocycles. The molecule has 0 unspecified atom stereocenters. The summed E-state index contributed by atoms with van der Waals surface area (Å²) < 4.78 is 0. The zero-order chi connectivity index (χ0) is 8.43. The molecule has 1 rings (SSSR count). The molecule has 64 valence electrons. The van der Waals surface area contributed by atoms with Crippen molar-refractivity contribution >= 4 is 5.91 Å². The summed E-state index contributed by atoms with van der Waals surface area (Å²) >= 11 is 0. The van der Waals surface area contributed by atoms with Gasteiger partial charge in [-0.1, -0.05) is 6.42 Å². The fourth-order valence-electron chi connectivity index (χ4n) is 1.12. The Labute approximate surface area is 67.5 Å². The molecule has 0 aromatic rings. The van der Waals surface area contributed by atoms with Crippen molar-refractivity contribution in [1.29, 1.82) is 0 Å². The molecule has 0 aromatic carbocycles. The molecule has 1 saturated carbocycles. The van der Waals surface area contributed by atoms with Crippen LogP contribution in [-0.2, 0) is 4.79 Å². The van der Waals surface area contributed by atoms with Gasteiger partial charge in [0.1, 0.15) is 0 Å². The van der Waals surface area contributed by atoms with Crippen LogP contribution >= 0.6 is 0 Å². The first kappa shape index (κ1) is 8.53. The monoisotopic (exact) mass is 156 g/mol. The Hall–Kier alpha value is -0.570. The smallest absolute Gasteiger partial charge is 0.239 e. The molecule has 0 saturated heterocycles. The lowest BCUT2D eigenvalue weighted by atomic mass is 9.84. The minimum Gasteiger partial charge on any atom is -0.278 e. The van der Waals surface area contributed by atoms with E-state index in [0.717, 1.165) is 12.8 Å². The first-order chi connectivity index (χ1) is 5.13. The predicted octanol–water partition coefficient (Wildman–Crippen LogP) is 0.897. The molecule has 0 radical (unpaired) electrons. The Balaban J connectivity index is 2.39. The third-order valence-electron chi connectivity index (χ3n) is 2.27. The van der Waals surface area contributed by atoms with Crippen LogP contribution in [0.5, 0.6) is 0 Å². The summed E-state index contributed by atoms with van der Waals surface area (Å²) in [6.45, 7) is 3.85. The van der Waals surface area contributed by atoms with E-state index >= 15 is 0 Å². The number of nitrogens with zero attached hydrogens (tertiary/aromatic N) is 1. The van der Waals surface area contributed by atoms with Crippen LogP contribution in [0.25, 0.3) is 0 Å². The molecule has 0 spiro atoms. The maximum atomic E-state index is 11.4. The molecule has 1 amide bonds. The number of hydrazine groups is 1. The van der Waals surface area contributed by atoms with Crippen molar-refractivity contribution in [2.75, 3.05) is 0 Å². The van der Waals surface area contributed by atoms with Gasteiger partial charge in [0.2, 0.25) is 5.91 Å². The van der Waals surface area contributed by atoms with Gasteiger partial charge in [0.25, 0.3) is 0 Å². The summed E-state index contributed by atoms with van der Waals surface area (Å²) in [5.41, 5.74) is 0. The largest absolute Gasteiger partial charge is 0.278 e. The first-order valence-corrected chi connectivity index (χ1v) is 4.20. The lowest BCUT2D eigenvalue weighted by Gasteiger charge is -2.30. The number of hydrogen-bond acceptors (Lipinski definition) is 2. The van der Waals surface area contributed by atoms with Gasteiger partial charge in [-0.3, -0.25) is 9.80 Å². The van der Waals surface area contributed by atoms with E-state index in [-0.39, 0.29) is 17.9 Å². The highest BCUT2D eigenvalue weighted by molar-refractivity contribution is 5.79. The lowest BCUT2D eigenvalue weighted by Crippen LogP contribution is -2.47. The normalized spacial score (nSPS) is 18.2. The SMILES string of the molecule is CC(C)N(N)C(=O)C1CCC1. The molecular formula is C8H16N2O. The second kappa shape index (κ2) is 3.22. The molecule has 3 nitrogen and oxygen atoms in total. The maximum Gasteiger partial charge on any atom is 0.239 e. The summed E-state index contributed by atoms with van der Waals surface area (Å²) in [7, 11) is 0. The molecule has 0 heterocycles. The topological polar surface area (TPSA) is 46.3 Å². The molecule has 1 fully saturated rings. The van der Waals surface area contributed by atoms with Crippen LogP contribution in [0.2, 0.25) is 0 Å². The molecular weight excluding hydrogens is 140 g/mol. The molecule has 3 heteroatoms. The van der Waals surface area contributed by atoms with Crippen molar-refractivity contribution in [2.24, 2.45) is 11.8 Å². The molecule has 0 bridgehead atoms. The number of carbonyl (C=O) groups is 1. The van der Waals surface area contributed by atoms with Crippen LogP contribution < -0.4 is 5.84 Å². The number of carbonyl (C=O) groups excluding carboxylic acids is 1. The van der Waals surface area contributed by atoms with Gasteiger partial charge in [-0.05, 0) is 26.7 Å². The van der Waals surface area contributed by atoms with Crippen LogP contribution in [0.15, 0.2) is 0 Å². The average molecular weight is 156 g/mol. The van der Waals surface area contributed by atoms with E-state index in [2.05, 4.69) is 0 Å². The van der Waals surface area contributed by atoms with Crippen molar-refractivity contribution in [2.45, 2.75) is 39.2 Å². The Bertz CT molecular complexity index is 152. The molecule has 11 heavy (non-hydrogen) atoms. The van der Waals surface area contributed by atoms with Gasteiger partial charge in [0, 0.05) is 12.0 Å². The Kier molecular flexibility index (Phi) is 2.49. The standard InChI is InChI=1S/C8H16N2O/c1-6(2)10(9)8(11)7-4-3-5-7/h6-7H,3-5,9H2,1-2H3. The first-order valence-electron chi connectivity index (χ1n) is 4.20. The van der Waals surface area contributed by atoms with Crippen molar-refractivity contribution in [3.05, 3.63) is 0 Å². The highest BCUT2D eigenvalue weighted by Gasteiger charge is 2.28. The van der Waals surface area contributed by atoms with Crippen LogP contribution in [0, 0.1) is 5.92 Å².